The maximum absolute atomic E-state index is 12.1. The molecule has 4 atom stereocenters. The van der Waals surface area contributed by atoms with Gasteiger partial charge in [-0.15, -0.1) is 0 Å². The fraction of sp³-hybridized carbons (Fsp3) is 0.438. The van der Waals surface area contributed by atoms with Crippen molar-refractivity contribution in [1.29, 1.82) is 0 Å². The average molecular weight is 457 g/mol. The highest BCUT2D eigenvalue weighted by molar-refractivity contribution is 7.46. The van der Waals surface area contributed by atoms with Gasteiger partial charge in [0.25, 0.3) is 5.56 Å². The minimum absolute atomic E-state index is 0.215. The fourth-order valence-electron chi connectivity index (χ4n) is 3.66. The normalized spacial score (nSPS) is 27.5. The van der Waals surface area contributed by atoms with Gasteiger partial charge in [-0.05, 0) is 6.92 Å². The molecule has 1 fully saturated rings. The molecule has 0 saturated carbocycles. The molecule has 0 bridgehead atoms. The van der Waals surface area contributed by atoms with E-state index in [-0.39, 0.29) is 17.3 Å². The van der Waals surface area contributed by atoms with E-state index in [9.17, 15) is 19.6 Å². The van der Waals surface area contributed by atoms with Gasteiger partial charge in [0, 0.05) is 17.6 Å². The summed E-state index contributed by atoms with van der Waals surface area (Å²) in [4.78, 5) is 43.1. The van der Waals surface area contributed by atoms with E-state index in [1.807, 2.05) is 0 Å². The molecule has 2 aliphatic heterocycles. The number of rotatable bonds is 6. The molecular weight excluding hydrogens is 437 g/mol. The minimum Gasteiger partial charge on any atom is -0.387 e. The van der Waals surface area contributed by atoms with Crippen LogP contribution in [0.25, 0.3) is 10.8 Å². The molecule has 0 unspecified atom stereocenters. The van der Waals surface area contributed by atoms with E-state index in [0.29, 0.717) is 10.8 Å². The summed E-state index contributed by atoms with van der Waals surface area (Å²) in [5.74, 6) is 0.479. The fourth-order valence-corrected chi connectivity index (χ4v) is 4.00. The summed E-state index contributed by atoms with van der Waals surface area (Å²) in [6.45, 7) is 0.655. The van der Waals surface area contributed by atoms with Gasteiger partial charge in [0.05, 0.1) is 31.1 Å². The first kappa shape index (κ1) is 21.8. The molecule has 2 aliphatic rings. The number of phosphoric ester groups is 1. The van der Waals surface area contributed by atoms with Crippen LogP contribution in [0.1, 0.15) is 13.2 Å². The highest BCUT2D eigenvalue weighted by Crippen LogP contribution is 2.46. The molecule has 2 aromatic rings. The highest BCUT2D eigenvalue weighted by atomic mass is 31.2. The maximum atomic E-state index is 12.1. The molecule has 1 saturated heterocycles. The summed E-state index contributed by atoms with van der Waals surface area (Å²) >= 11 is 0. The Morgan fingerprint density at radius 1 is 1.45 bits per heavy atom. The maximum Gasteiger partial charge on any atom is 0.469 e. The molecule has 4 heterocycles. The van der Waals surface area contributed by atoms with Crippen LogP contribution in [-0.4, -0.2) is 67.4 Å². The Hall–Kier alpha value is -2.42. The zero-order chi connectivity index (χ0) is 22.6. The smallest absolute Gasteiger partial charge is 0.387 e. The van der Waals surface area contributed by atoms with Crippen LogP contribution in [-0.2, 0) is 18.7 Å². The van der Waals surface area contributed by atoms with Crippen LogP contribution in [0.5, 0.6) is 0 Å². The summed E-state index contributed by atoms with van der Waals surface area (Å²) in [5.41, 5.74) is 0.451. The van der Waals surface area contributed by atoms with Gasteiger partial charge in [-0.2, -0.15) is 4.98 Å². The van der Waals surface area contributed by atoms with Crippen molar-refractivity contribution < 1.29 is 38.7 Å². The second-order valence-corrected chi connectivity index (χ2v) is 8.44. The van der Waals surface area contributed by atoms with Crippen LogP contribution in [0, 0.1) is 0 Å². The number of nitrogens with one attached hydrogen (secondary N) is 2. The van der Waals surface area contributed by atoms with Gasteiger partial charge in [-0.3, -0.25) is 19.6 Å². The second kappa shape index (κ2) is 7.62. The van der Waals surface area contributed by atoms with Gasteiger partial charge in [-0.25, -0.2) is 9.56 Å². The Labute approximate surface area is 174 Å². The van der Waals surface area contributed by atoms with E-state index in [4.69, 9.17) is 19.4 Å². The van der Waals surface area contributed by atoms with Gasteiger partial charge in [-0.1, -0.05) is 0 Å². The van der Waals surface area contributed by atoms with Crippen molar-refractivity contribution in [1.82, 2.24) is 9.55 Å². The Kier molecular flexibility index (Phi) is 5.36. The molecule has 0 amide bonds. The first-order chi connectivity index (χ1) is 14.5. The quantitative estimate of drug-likeness (QED) is 0.242. The molecular formula is C16H20N5O9P. The number of aromatic nitrogens is 2. The van der Waals surface area contributed by atoms with E-state index in [1.165, 1.54) is 37.2 Å². The number of anilines is 2. The summed E-state index contributed by atoms with van der Waals surface area (Å²) in [6, 6.07) is 1.22. The van der Waals surface area contributed by atoms with Gasteiger partial charge in [0.1, 0.15) is 29.4 Å². The van der Waals surface area contributed by atoms with Crippen LogP contribution < -0.4 is 16.4 Å². The van der Waals surface area contributed by atoms with E-state index < -0.39 is 44.0 Å². The van der Waals surface area contributed by atoms with Gasteiger partial charge >= 0.3 is 7.82 Å². The third kappa shape index (κ3) is 3.84. The molecule has 31 heavy (non-hydrogen) atoms. The predicted molar refractivity (Wildman–Crippen MR) is 107 cm³/mol. The van der Waals surface area contributed by atoms with Crippen molar-refractivity contribution in [2.24, 2.45) is 4.99 Å². The molecule has 14 nitrogen and oxygen atoms in total. The van der Waals surface area contributed by atoms with Crippen molar-refractivity contribution in [3.63, 3.8) is 0 Å². The zero-order valence-electron chi connectivity index (χ0n) is 16.3. The number of phosphoric acid groups is 1. The summed E-state index contributed by atoms with van der Waals surface area (Å²) in [6.07, 6.45) is -1.16. The SMILES string of the molecule is CONc1cc(=O)nc2c3c(n([C@@H]4O[C@H](COP(=O)(O)O)[C@@H](O)[C@@]4(C)O)cc13)N=CN2. The topological polar surface area (TPSA) is 197 Å². The zero-order valence-corrected chi connectivity index (χ0v) is 17.2. The lowest BCUT2D eigenvalue weighted by molar-refractivity contribution is -0.0954. The summed E-state index contributed by atoms with van der Waals surface area (Å²) in [5, 5.41) is 25.1. The number of aliphatic imine (C=N–C) groups is 1. The number of nitrogens with zero attached hydrogens (tertiary/aromatic N) is 3. The molecule has 15 heteroatoms. The number of aliphatic hydroxyl groups is 2. The monoisotopic (exact) mass is 457 g/mol. The first-order valence-electron chi connectivity index (χ1n) is 8.97. The van der Waals surface area contributed by atoms with Crippen LogP contribution in [0.4, 0.5) is 17.3 Å². The van der Waals surface area contributed by atoms with Gasteiger partial charge in [0.2, 0.25) is 0 Å². The van der Waals surface area contributed by atoms with E-state index in [1.54, 1.807) is 0 Å². The average Bonchev–Trinajstić information content (AvgIpc) is 3.11. The first-order valence-corrected chi connectivity index (χ1v) is 10.5. The van der Waals surface area contributed by atoms with E-state index in [2.05, 4.69) is 25.3 Å². The Balaban J connectivity index is 1.83. The Bertz CT molecular complexity index is 1160. The summed E-state index contributed by atoms with van der Waals surface area (Å²) < 4.78 is 22.6. The van der Waals surface area contributed by atoms with Crippen LogP contribution >= 0.6 is 7.82 Å². The second-order valence-electron chi connectivity index (χ2n) is 7.20. The van der Waals surface area contributed by atoms with Crippen LogP contribution in [0.2, 0.25) is 0 Å². The van der Waals surface area contributed by atoms with Crippen molar-refractivity contribution >= 4 is 42.3 Å². The highest BCUT2D eigenvalue weighted by Gasteiger charge is 2.54. The standard InChI is InChI=1S/C16H20N5O9P/c1-16(24)12(23)9(5-29-31(25,26)27)30-15(16)21-4-7-8(20-28-2)3-10(22)19-13-11(7)14(21)18-6-17-13/h3-4,6,9,12,15,20,23-24H,5H2,1-2H3,(H2,25,26,27)(H,17,18,19,22)/t9-,12-,15-,16-/m1/s1. The van der Waals surface area contributed by atoms with Crippen LogP contribution in [0.3, 0.4) is 0 Å². The van der Waals surface area contributed by atoms with Gasteiger partial charge < -0.3 is 34.6 Å². The number of hydrogen-bond donors (Lipinski definition) is 6. The molecule has 6 N–H and O–H groups in total. The number of ether oxygens (including phenoxy) is 1. The third-order valence-electron chi connectivity index (χ3n) is 5.04. The van der Waals surface area contributed by atoms with Gasteiger partial charge in [0.15, 0.2) is 6.23 Å². The molecule has 2 aromatic heterocycles. The Morgan fingerprint density at radius 2 is 2.19 bits per heavy atom. The number of hydrogen-bond acceptors (Lipinski definition) is 11. The van der Waals surface area contributed by atoms with E-state index >= 15 is 0 Å². The number of aliphatic hydroxyl groups excluding tert-OH is 1. The third-order valence-corrected chi connectivity index (χ3v) is 5.52. The molecule has 0 aromatic carbocycles. The molecule has 0 spiro atoms. The predicted octanol–water partition coefficient (Wildman–Crippen LogP) is -0.426. The lowest BCUT2D eigenvalue weighted by atomic mass is 9.96. The molecule has 168 valence electrons. The van der Waals surface area contributed by atoms with Crippen LogP contribution in [0.15, 0.2) is 22.1 Å². The largest absolute Gasteiger partial charge is 0.469 e. The van der Waals surface area contributed by atoms with Crippen molar-refractivity contribution in [3.8, 4) is 0 Å². The van der Waals surface area contributed by atoms with E-state index in [0.717, 1.165) is 0 Å². The minimum atomic E-state index is -4.81. The lowest BCUT2D eigenvalue weighted by Gasteiger charge is -2.28. The molecule has 0 aliphatic carbocycles. The Morgan fingerprint density at radius 3 is 2.87 bits per heavy atom. The summed E-state index contributed by atoms with van der Waals surface area (Å²) in [7, 11) is -3.45. The van der Waals surface area contributed by atoms with Crippen molar-refractivity contribution in [3.05, 3.63) is 22.6 Å². The molecule has 4 rings (SSSR count). The van der Waals surface area contributed by atoms with Crippen molar-refractivity contribution in [2.75, 3.05) is 24.5 Å². The van der Waals surface area contributed by atoms with Crippen molar-refractivity contribution in [2.45, 2.75) is 31.0 Å². The lowest BCUT2D eigenvalue weighted by Crippen LogP contribution is -2.44. The molecule has 0 radical (unpaired) electrons.